The number of amides is 2. The lowest BCUT2D eigenvalue weighted by atomic mass is 9.76. The van der Waals surface area contributed by atoms with Gasteiger partial charge in [-0.15, -0.1) is 0 Å². The molecule has 0 radical (unpaired) electrons. The maximum atomic E-state index is 13.5. The van der Waals surface area contributed by atoms with Gasteiger partial charge in [0.15, 0.2) is 0 Å². The van der Waals surface area contributed by atoms with E-state index < -0.39 is 0 Å². The molecule has 1 saturated heterocycles. The minimum absolute atomic E-state index is 0.00237. The van der Waals surface area contributed by atoms with Crippen molar-refractivity contribution < 1.29 is 14.3 Å². The maximum Gasteiger partial charge on any atom is 0.223 e. The third kappa shape index (κ3) is 5.89. The smallest absolute Gasteiger partial charge is 0.223 e. The average Bonchev–Trinajstić information content (AvgIpc) is 3.46. The van der Waals surface area contributed by atoms with Crippen molar-refractivity contribution in [2.75, 3.05) is 19.7 Å². The van der Waals surface area contributed by atoms with Crippen LogP contribution in [0.5, 0.6) is 0 Å². The van der Waals surface area contributed by atoms with E-state index in [1.807, 2.05) is 19.1 Å². The van der Waals surface area contributed by atoms with Crippen molar-refractivity contribution in [3.63, 3.8) is 0 Å². The molecule has 1 aromatic carbocycles. The van der Waals surface area contributed by atoms with E-state index in [2.05, 4.69) is 22.9 Å². The van der Waals surface area contributed by atoms with Gasteiger partial charge >= 0.3 is 0 Å². The highest BCUT2D eigenvalue weighted by molar-refractivity contribution is 6.42. The van der Waals surface area contributed by atoms with E-state index in [4.69, 9.17) is 27.9 Å². The molecule has 0 aromatic heterocycles. The van der Waals surface area contributed by atoms with E-state index >= 15 is 0 Å². The first-order valence-electron chi connectivity index (χ1n) is 12.6. The Kier molecular flexibility index (Phi) is 8.44. The Bertz CT molecular complexity index is 898. The first-order chi connectivity index (χ1) is 16.3. The first-order valence-corrected chi connectivity index (χ1v) is 13.4. The predicted molar refractivity (Wildman–Crippen MR) is 135 cm³/mol. The number of morpholine rings is 1. The summed E-state index contributed by atoms with van der Waals surface area (Å²) in [6.45, 7) is 6.45. The molecule has 1 aliphatic heterocycles. The van der Waals surface area contributed by atoms with Crippen molar-refractivity contribution in [1.29, 1.82) is 0 Å². The maximum absolute atomic E-state index is 13.5. The number of nitrogens with one attached hydrogen (secondary N) is 3. The SMILES string of the molecule is Cc1ccc(Cl)c(Cl)c1[C@@H](NC(=O)[C@@H]1CC[C@@H](NC(=O)CC2CNCCO2)C1)C1(C)CCCC1. The van der Waals surface area contributed by atoms with Crippen LogP contribution in [0.2, 0.25) is 10.0 Å². The van der Waals surface area contributed by atoms with Gasteiger partial charge < -0.3 is 20.7 Å². The van der Waals surface area contributed by atoms with E-state index in [9.17, 15) is 9.59 Å². The fraction of sp³-hybridized carbons (Fsp3) is 0.692. The third-order valence-corrected chi connectivity index (χ3v) is 8.77. The van der Waals surface area contributed by atoms with Gasteiger partial charge in [0, 0.05) is 25.0 Å². The summed E-state index contributed by atoms with van der Waals surface area (Å²) in [5, 5.41) is 10.8. The van der Waals surface area contributed by atoms with Gasteiger partial charge in [0.05, 0.1) is 35.2 Å². The minimum atomic E-state index is -0.182. The van der Waals surface area contributed by atoms with Crippen molar-refractivity contribution in [2.24, 2.45) is 11.3 Å². The molecule has 0 spiro atoms. The normalized spacial score (nSPS) is 27.4. The van der Waals surface area contributed by atoms with E-state index in [1.54, 1.807) is 0 Å². The monoisotopic (exact) mass is 509 g/mol. The number of ether oxygens (including phenoxy) is 1. The molecule has 8 heteroatoms. The molecule has 2 aliphatic carbocycles. The largest absolute Gasteiger partial charge is 0.375 e. The van der Waals surface area contributed by atoms with Crippen LogP contribution in [-0.4, -0.2) is 43.7 Å². The molecule has 1 aromatic rings. The standard InChI is InChI=1S/C26H37Cl2N3O3/c1-16-5-8-20(27)23(28)22(16)24(26(2)9-3-4-10-26)31-25(33)17-6-7-18(13-17)30-21(32)14-19-15-29-11-12-34-19/h5,8,17-19,24,29H,3-4,6-7,9-15H2,1-2H3,(H,30,32)(H,31,33)/t17-,18-,19?,24-/m1/s1. The van der Waals surface area contributed by atoms with Crippen molar-refractivity contribution in [2.45, 2.75) is 83.4 Å². The highest BCUT2D eigenvalue weighted by Gasteiger charge is 2.42. The van der Waals surface area contributed by atoms with Crippen LogP contribution >= 0.6 is 23.2 Å². The minimum Gasteiger partial charge on any atom is -0.375 e. The Hall–Kier alpha value is -1.34. The quantitative estimate of drug-likeness (QED) is 0.497. The highest BCUT2D eigenvalue weighted by Crippen LogP contribution is 2.50. The number of benzene rings is 1. The lowest BCUT2D eigenvalue weighted by molar-refractivity contribution is -0.127. The number of carbonyl (C=O) groups is 2. The van der Waals surface area contributed by atoms with Gasteiger partial charge in [-0.25, -0.2) is 0 Å². The summed E-state index contributed by atoms with van der Waals surface area (Å²) >= 11 is 13.1. The van der Waals surface area contributed by atoms with E-state index in [-0.39, 0.29) is 41.3 Å². The summed E-state index contributed by atoms with van der Waals surface area (Å²) in [5.74, 6) is -0.0776. The lowest BCUT2D eigenvalue weighted by Crippen LogP contribution is -2.43. The summed E-state index contributed by atoms with van der Waals surface area (Å²) in [7, 11) is 0. The number of halogens is 2. The fourth-order valence-corrected chi connectivity index (χ4v) is 6.42. The van der Waals surface area contributed by atoms with Crippen molar-refractivity contribution in [3.05, 3.63) is 33.3 Å². The van der Waals surface area contributed by atoms with Gasteiger partial charge in [-0.1, -0.05) is 49.0 Å². The van der Waals surface area contributed by atoms with E-state index in [0.29, 0.717) is 36.0 Å². The number of carbonyl (C=O) groups excluding carboxylic acids is 2. The van der Waals surface area contributed by atoms with Gasteiger partial charge in [-0.2, -0.15) is 0 Å². The number of hydrogen-bond donors (Lipinski definition) is 3. The molecule has 4 atom stereocenters. The Morgan fingerprint density at radius 1 is 1.24 bits per heavy atom. The fourth-order valence-electron chi connectivity index (χ4n) is 5.94. The van der Waals surface area contributed by atoms with Crippen LogP contribution in [0, 0.1) is 18.3 Å². The van der Waals surface area contributed by atoms with Crippen molar-refractivity contribution in [1.82, 2.24) is 16.0 Å². The summed E-state index contributed by atoms with van der Waals surface area (Å²) in [6, 6.07) is 3.64. The molecular formula is C26H37Cl2N3O3. The van der Waals surface area contributed by atoms with Crippen molar-refractivity contribution in [3.8, 4) is 0 Å². The zero-order valence-corrected chi connectivity index (χ0v) is 21.7. The summed E-state index contributed by atoms with van der Waals surface area (Å²) in [4.78, 5) is 25.9. The Morgan fingerprint density at radius 2 is 2.00 bits per heavy atom. The van der Waals surface area contributed by atoms with Crippen LogP contribution in [0.25, 0.3) is 0 Å². The van der Waals surface area contributed by atoms with Gasteiger partial charge in [-0.3, -0.25) is 9.59 Å². The van der Waals surface area contributed by atoms with Gasteiger partial charge in [0.25, 0.3) is 0 Å². The highest BCUT2D eigenvalue weighted by atomic mass is 35.5. The summed E-state index contributed by atoms with van der Waals surface area (Å²) in [6.07, 6.45) is 6.91. The van der Waals surface area contributed by atoms with E-state index in [0.717, 1.165) is 56.2 Å². The van der Waals surface area contributed by atoms with Crippen LogP contribution in [0.3, 0.4) is 0 Å². The van der Waals surface area contributed by atoms with Gasteiger partial charge in [-0.05, 0) is 61.6 Å². The lowest BCUT2D eigenvalue weighted by Gasteiger charge is -2.37. The average molecular weight is 511 g/mol. The molecule has 0 bridgehead atoms. The predicted octanol–water partition coefficient (Wildman–Crippen LogP) is 4.70. The molecule has 2 saturated carbocycles. The Balaban J connectivity index is 1.40. The molecule has 188 valence electrons. The Morgan fingerprint density at radius 3 is 2.71 bits per heavy atom. The molecule has 1 heterocycles. The summed E-state index contributed by atoms with van der Waals surface area (Å²) in [5.41, 5.74) is 1.93. The number of aryl methyl sites for hydroxylation is 1. The van der Waals surface area contributed by atoms with Crippen LogP contribution < -0.4 is 16.0 Å². The first kappa shape index (κ1) is 25.7. The van der Waals surface area contributed by atoms with Gasteiger partial charge in [0.2, 0.25) is 11.8 Å². The van der Waals surface area contributed by atoms with E-state index in [1.165, 1.54) is 0 Å². The van der Waals surface area contributed by atoms with Gasteiger partial charge in [0.1, 0.15) is 0 Å². The van der Waals surface area contributed by atoms with Crippen LogP contribution in [-0.2, 0) is 14.3 Å². The topological polar surface area (TPSA) is 79.5 Å². The molecule has 2 amide bonds. The van der Waals surface area contributed by atoms with Crippen LogP contribution in [0.1, 0.15) is 75.5 Å². The van der Waals surface area contributed by atoms with Crippen LogP contribution in [0.4, 0.5) is 0 Å². The zero-order chi connectivity index (χ0) is 24.3. The second-order valence-electron chi connectivity index (χ2n) is 10.6. The number of rotatable bonds is 7. The van der Waals surface area contributed by atoms with Crippen LogP contribution in [0.15, 0.2) is 12.1 Å². The summed E-state index contributed by atoms with van der Waals surface area (Å²) < 4.78 is 5.64. The second-order valence-corrected chi connectivity index (χ2v) is 11.4. The molecule has 1 unspecified atom stereocenters. The zero-order valence-electron chi connectivity index (χ0n) is 20.2. The molecule has 3 fully saturated rings. The van der Waals surface area contributed by atoms with Crippen molar-refractivity contribution >= 4 is 35.0 Å². The Labute approximate surface area is 212 Å². The molecule has 3 aliphatic rings. The molecule has 3 N–H and O–H groups in total. The molecular weight excluding hydrogens is 473 g/mol. The number of hydrogen-bond acceptors (Lipinski definition) is 4. The molecule has 6 nitrogen and oxygen atoms in total. The third-order valence-electron chi connectivity index (χ3n) is 7.95. The molecule has 4 rings (SSSR count). The second kappa shape index (κ2) is 11.2. The molecule has 34 heavy (non-hydrogen) atoms.